The highest BCUT2D eigenvalue weighted by Crippen LogP contribution is 2.47. The minimum absolute atomic E-state index is 0.175. The first-order valence-corrected chi connectivity index (χ1v) is 7.38. The lowest BCUT2D eigenvalue weighted by Gasteiger charge is -2.17. The zero-order valence-electron chi connectivity index (χ0n) is 12.6. The Hall–Kier alpha value is -1.40. The molecular formula is C14H7F4S2+. The third-order valence-corrected chi connectivity index (χ3v) is 5.87. The maximum atomic E-state index is 13.6. The molecule has 0 unspecified atom stereocenters. The van der Waals surface area contributed by atoms with Crippen molar-refractivity contribution >= 4 is 22.7 Å². The Morgan fingerprint density at radius 1 is 0.950 bits per heavy atom. The van der Waals surface area contributed by atoms with Gasteiger partial charge >= 0.3 is 0 Å². The molecular weight excluding hydrogens is 308 g/mol. The van der Waals surface area contributed by atoms with Crippen molar-refractivity contribution < 1.29 is 21.7 Å². The van der Waals surface area contributed by atoms with Gasteiger partial charge in [0.25, 0.3) is 0 Å². The summed E-state index contributed by atoms with van der Waals surface area (Å²) in [6.45, 7) is -0.827. The molecule has 0 atom stereocenters. The number of fused-ring (bicyclic) bond motifs is 2. The average Bonchev–Trinajstić information content (AvgIpc) is 2.48. The van der Waals surface area contributed by atoms with E-state index in [4.69, 9.17) is 4.11 Å². The van der Waals surface area contributed by atoms with Crippen LogP contribution in [0.5, 0.6) is 0 Å². The van der Waals surface area contributed by atoms with Crippen LogP contribution in [-0.2, 0) is 10.9 Å². The monoisotopic (exact) mass is 318 g/mol. The van der Waals surface area contributed by atoms with Gasteiger partial charge in [-0.2, -0.15) is 0 Å². The molecule has 0 amide bonds. The molecule has 102 valence electrons. The van der Waals surface area contributed by atoms with Crippen molar-refractivity contribution in [2.24, 2.45) is 0 Å². The molecule has 0 saturated heterocycles. The van der Waals surface area contributed by atoms with Crippen molar-refractivity contribution in [1.29, 1.82) is 0 Å². The second-order valence-corrected chi connectivity index (χ2v) is 6.72. The maximum absolute atomic E-state index is 13.6. The molecule has 20 heavy (non-hydrogen) atoms. The van der Waals surface area contributed by atoms with E-state index >= 15 is 0 Å². The summed E-state index contributed by atoms with van der Waals surface area (Å²) >= 11 is 0.926. The van der Waals surface area contributed by atoms with Crippen LogP contribution in [0.2, 0.25) is 0 Å². The maximum Gasteiger partial charge on any atom is 0.182 e. The summed E-state index contributed by atoms with van der Waals surface area (Å²) in [6.07, 6.45) is 0. The lowest BCUT2D eigenvalue weighted by Crippen LogP contribution is -2.10. The number of halogens is 4. The molecule has 0 bridgehead atoms. The van der Waals surface area contributed by atoms with Gasteiger partial charge in [-0.1, -0.05) is 18.3 Å². The largest absolute Gasteiger partial charge is 0.204 e. The predicted octanol–water partition coefficient (Wildman–Crippen LogP) is 4.89. The van der Waals surface area contributed by atoms with Crippen molar-refractivity contribution in [3.05, 3.63) is 59.4 Å². The fourth-order valence-electron chi connectivity index (χ4n) is 1.85. The van der Waals surface area contributed by atoms with Gasteiger partial charge in [0, 0.05) is 12.1 Å². The van der Waals surface area contributed by atoms with Gasteiger partial charge in [0.15, 0.2) is 33.1 Å². The van der Waals surface area contributed by atoms with Crippen LogP contribution in [0.15, 0.2) is 55.8 Å². The quantitative estimate of drug-likeness (QED) is 0.533. The Morgan fingerprint density at radius 3 is 1.85 bits per heavy atom. The van der Waals surface area contributed by atoms with Crippen LogP contribution in [0.1, 0.15) is 4.11 Å². The molecule has 6 heteroatoms. The fourth-order valence-corrected chi connectivity index (χ4v) is 4.90. The van der Waals surface area contributed by atoms with Crippen LogP contribution < -0.4 is 0 Å². The lowest BCUT2D eigenvalue weighted by molar-refractivity contribution is 0.499. The highest BCUT2D eigenvalue weighted by molar-refractivity contribution is 8.05. The van der Waals surface area contributed by atoms with Crippen LogP contribution in [0.4, 0.5) is 17.6 Å². The highest BCUT2D eigenvalue weighted by atomic mass is 32.2. The first-order chi connectivity index (χ1) is 10.8. The van der Waals surface area contributed by atoms with Gasteiger partial charge in [-0.05, 0) is 12.1 Å². The first kappa shape index (κ1) is 10.3. The molecule has 0 fully saturated rings. The van der Waals surface area contributed by atoms with E-state index in [1.807, 2.05) is 0 Å². The molecule has 1 aliphatic rings. The van der Waals surface area contributed by atoms with Crippen molar-refractivity contribution in [3.8, 4) is 0 Å². The summed E-state index contributed by atoms with van der Waals surface area (Å²) in [5.74, 6) is -4.48. The van der Waals surface area contributed by atoms with Crippen molar-refractivity contribution in [2.75, 3.05) is 0 Å². The zero-order chi connectivity index (χ0) is 16.9. The second-order valence-electron chi connectivity index (χ2n) is 3.94. The summed E-state index contributed by atoms with van der Waals surface area (Å²) in [6, 6.07) is 3.59. The summed E-state index contributed by atoms with van der Waals surface area (Å²) in [5.41, 5.74) is 0. The SMILES string of the molecule is [2H]C([2H])=C([2H])[S+]1c2cc(F)c(F)cc2Sc2cc(F)c(F)cc21. The fraction of sp³-hybridized carbons (Fsp3) is 0. The van der Waals surface area contributed by atoms with Gasteiger partial charge in [-0.25, -0.2) is 17.6 Å². The van der Waals surface area contributed by atoms with Gasteiger partial charge in [0.1, 0.15) is 6.75 Å². The first-order valence-electron chi connectivity index (χ1n) is 6.84. The van der Waals surface area contributed by atoms with Crippen LogP contribution in [0.25, 0.3) is 0 Å². The topological polar surface area (TPSA) is 0 Å². The molecule has 0 nitrogen and oxygen atoms in total. The minimum atomic E-state index is -1.47. The van der Waals surface area contributed by atoms with E-state index in [9.17, 15) is 17.6 Å². The van der Waals surface area contributed by atoms with E-state index < -0.39 is 46.1 Å². The van der Waals surface area contributed by atoms with E-state index in [-0.39, 0.29) is 19.6 Å². The minimum Gasteiger partial charge on any atom is -0.204 e. The Kier molecular flexibility index (Phi) is 2.51. The number of hydrogen-bond donors (Lipinski definition) is 0. The Morgan fingerprint density at radius 2 is 1.40 bits per heavy atom. The molecule has 3 rings (SSSR count). The molecule has 0 saturated carbocycles. The molecule has 1 aliphatic heterocycles. The molecule has 1 heterocycles. The van der Waals surface area contributed by atoms with E-state index in [0.717, 1.165) is 36.0 Å². The standard InChI is InChI=1S/C14H7F4S2/c1-2-20-13-5-9(17)7(15)3-11(13)19-12-4-8(16)10(18)6-14(12)20/h2-6H,1H2/q+1/i1D2,2D. The van der Waals surface area contributed by atoms with Crippen LogP contribution in [0.3, 0.4) is 0 Å². The van der Waals surface area contributed by atoms with E-state index in [0.29, 0.717) is 0 Å². The Bertz CT molecular complexity index is 793. The molecule has 0 radical (unpaired) electrons. The van der Waals surface area contributed by atoms with Crippen LogP contribution in [0, 0.1) is 23.3 Å². The van der Waals surface area contributed by atoms with Crippen LogP contribution >= 0.6 is 11.8 Å². The third kappa shape index (κ3) is 2.03. The van der Waals surface area contributed by atoms with Gasteiger partial charge < -0.3 is 0 Å². The molecule has 0 N–H and O–H groups in total. The lowest BCUT2D eigenvalue weighted by atomic mass is 10.3. The molecule has 2 aromatic rings. The normalized spacial score (nSPS) is 15.7. The van der Waals surface area contributed by atoms with E-state index in [1.54, 1.807) is 0 Å². The van der Waals surface area contributed by atoms with Crippen LogP contribution in [-0.4, -0.2) is 0 Å². The molecule has 0 aliphatic carbocycles. The highest BCUT2D eigenvalue weighted by Gasteiger charge is 2.36. The molecule has 2 aromatic carbocycles. The zero-order valence-corrected chi connectivity index (χ0v) is 11.3. The Balaban J connectivity index is 2.32. The predicted molar refractivity (Wildman–Crippen MR) is 70.9 cm³/mol. The van der Waals surface area contributed by atoms with E-state index in [2.05, 4.69) is 0 Å². The molecule has 0 aromatic heterocycles. The number of rotatable bonds is 1. The van der Waals surface area contributed by atoms with E-state index in [1.165, 1.54) is 0 Å². The summed E-state index contributed by atoms with van der Waals surface area (Å²) in [4.78, 5) is 0.845. The van der Waals surface area contributed by atoms with Gasteiger partial charge in [-0.15, -0.1) is 0 Å². The molecule has 0 spiro atoms. The van der Waals surface area contributed by atoms with Gasteiger partial charge in [-0.3, -0.25) is 0 Å². The number of hydrogen-bond acceptors (Lipinski definition) is 1. The van der Waals surface area contributed by atoms with Crippen molar-refractivity contribution in [3.63, 3.8) is 0 Å². The second kappa shape index (κ2) is 4.86. The van der Waals surface area contributed by atoms with Gasteiger partial charge in [0.2, 0.25) is 0 Å². The van der Waals surface area contributed by atoms with Gasteiger partial charge in [0.05, 0.1) is 23.4 Å². The third-order valence-electron chi connectivity index (χ3n) is 2.74. The summed E-state index contributed by atoms with van der Waals surface area (Å²) < 4.78 is 76.6. The summed E-state index contributed by atoms with van der Waals surface area (Å²) in [7, 11) is -1.47. The average molecular weight is 318 g/mol. The number of benzene rings is 2. The Labute approximate surface area is 124 Å². The summed E-state index contributed by atoms with van der Waals surface area (Å²) in [5, 5.41) is -0.482. The van der Waals surface area contributed by atoms with Crippen molar-refractivity contribution in [2.45, 2.75) is 19.6 Å². The smallest absolute Gasteiger partial charge is 0.182 e. The van der Waals surface area contributed by atoms with Crippen molar-refractivity contribution in [1.82, 2.24) is 0 Å².